The summed E-state index contributed by atoms with van der Waals surface area (Å²) < 4.78 is 20.2. The molecular weight excluding hydrogens is 343 g/mol. The van der Waals surface area contributed by atoms with Crippen molar-refractivity contribution >= 4 is 40.1 Å². The van der Waals surface area contributed by atoms with E-state index in [1.807, 2.05) is 11.2 Å². The van der Waals surface area contributed by atoms with E-state index in [0.29, 0.717) is 29.3 Å². The molecule has 0 spiro atoms. The Morgan fingerprint density at radius 2 is 2.22 bits per heavy atom. The second-order valence-corrected chi connectivity index (χ2v) is 6.69. The molecule has 0 saturated carbocycles. The van der Waals surface area contributed by atoms with Crippen LogP contribution in [0, 0.1) is 5.82 Å². The summed E-state index contributed by atoms with van der Waals surface area (Å²) in [5.74, 6) is 0.0956. The van der Waals surface area contributed by atoms with Crippen LogP contribution in [0.4, 0.5) is 10.2 Å². The van der Waals surface area contributed by atoms with Crippen molar-refractivity contribution in [2.75, 3.05) is 24.3 Å². The summed E-state index contributed by atoms with van der Waals surface area (Å²) in [6.07, 6.45) is 2.83. The third kappa shape index (κ3) is 2.31. The summed E-state index contributed by atoms with van der Waals surface area (Å²) in [5, 5.41) is 10.9. The van der Waals surface area contributed by atoms with Crippen molar-refractivity contribution in [3.05, 3.63) is 11.0 Å². The van der Waals surface area contributed by atoms with Crippen LogP contribution in [-0.2, 0) is 0 Å². The predicted octanol–water partition coefficient (Wildman–Crippen LogP) is 2.26. The van der Waals surface area contributed by atoms with Gasteiger partial charge in [-0.25, -0.2) is 14.4 Å². The zero-order chi connectivity index (χ0) is 16.1. The summed E-state index contributed by atoms with van der Waals surface area (Å²) in [4.78, 5) is 14.8. The molecule has 1 fully saturated rings. The minimum Gasteiger partial charge on any atom is -0.475 e. The number of aliphatic hydroxyl groups excluding tert-OH is 1. The van der Waals surface area contributed by atoms with Crippen molar-refractivity contribution in [2.45, 2.75) is 30.1 Å². The topological polar surface area (TPSA) is 71.4 Å². The number of rotatable bonds is 1. The van der Waals surface area contributed by atoms with Crippen molar-refractivity contribution < 1.29 is 14.2 Å². The zero-order valence-corrected chi connectivity index (χ0v) is 13.9. The molecule has 0 bridgehead atoms. The molecule has 0 aromatic carbocycles. The third-order valence-electron chi connectivity index (χ3n) is 4.26. The van der Waals surface area contributed by atoms with Gasteiger partial charge in [-0.1, -0.05) is 23.4 Å². The standard InChI is InChI=1S/C14H14ClFN4O2S/c1-23-14-17-10-8-12(19-14)20-4-2-3-7(21)6(20)5-22-13(8)18-11(15)9(10)16/h6-7,21H,2-5H2,1H3/t6-,7-/m1/s1. The van der Waals surface area contributed by atoms with Gasteiger partial charge < -0.3 is 14.7 Å². The van der Waals surface area contributed by atoms with Crippen LogP contribution in [-0.4, -0.2) is 51.6 Å². The molecule has 9 heteroatoms. The molecule has 4 heterocycles. The van der Waals surface area contributed by atoms with Crippen molar-refractivity contribution in [1.82, 2.24) is 15.0 Å². The van der Waals surface area contributed by atoms with Gasteiger partial charge in [0.05, 0.1) is 12.1 Å². The van der Waals surface area contributed by atoms with E-state index < -0.39 is 11.9 Å². The Morgan fingerprint density at radius 3 is 3.00 bits per heavy atom. The number of fused-ring (bicyclic) bond motifs is 2. The predicted molar refractivity (Wildman–Crippen MR) is 86.0 cm³/mol. The lowest BCUT2D eigenvalue weighted by atomic mass is 9.99. The number of hydrogen-bond donors (Lipinski definition) is 1. The number of nitrogens with zero attached hydrogens (tertiary/aromatic N) is 4. The van der Waals surface area contributed by atoms with Gasteiger partial charge in [0.25, 0.3) is 0 Å². The molecule has 122 valence electrons. The maximum atomic E-state index is 14.5. The quantitative estimate of drug-likeness (QED) is 0.477. The number of anilines is 1. The van der Waals surface area contributed by atoms with Crippen LogP contribution in [0.2, 0.25) is 5.15 Å². The first-order chi connectivity index (χ1) is 11.1. The van der Waals surface area contributed by atoms with Gasteiger partial charge in [-0.2, -0.15) is 4.98 Å². The van der Waals surface area contributed by atoms with E-state index >= 15 is 0 Å². The molecular formula is C14H14ClFN4O2S. The fourth-order valence-corrected chi connectivity index (χ4v) is 3.67. The molecule has 2 aliphatic rings. The molecule has 0 aliphatic carbocycles. The minimum absolute atomic E-state index is 0.107. The fraction of sp³-hybridized carbons (Fsp3) is 0.500. The van der Waals surface area contributed by atoms with Gasteiger partial charge in [-0.05, 0) is 19.1 Å². The molecule has 4 rings (SSSR count). The van der Waals surface area contributed by atoms with Crippen LogP contribution in [0.3, 0.4) is 0 Å². The van der Waals surface area contributed by atoms with Gasteiger partial charge in [0, 0.05) is 6.54 Å². The van der Waals surface area contributed by atoms with E-state index in [4.69, 9.17) is 16.3 Å². The molecule has 2 aliphatic heterocycles. The zero-order valence-electron chi connectivity index (χ0n) is 12.3. The number of hydrogen-bond acceptors (Lipinski definition) is 7. The number of aliphatic hydroxyl groups is 1. The van der Waals surface area contributed by atoms with Crippen molar-refractivity contribution in [3.63, 3.8) is 0 Å². The molecule has 2 aromatic rings. The fourth-order valence-electron chi connectivity index (χ4n) is 3.15. The lowest BCUT2D eigenvalue weighted by molar-refractivity contribution is 0.0877. The highest BCUT2D eigenvalue weighted by atomic mass is 35.5. The molecule has 6 nitrogen and oxygen atoms in total. The number of ether oxygens (including phenoxy) is 1. The van der Waals surface area contributed by atoms with Crippen LogP contribution in [0.25, 0.3) is 10.9 Å². The summed E-state index contributed by atoms with van der Waals surface area (Å²) >= 11 is 7.20. The summed E-state index contributed by atoms with van der Waals surface area (Å²) in [5.41, 5.74) is 0.107. The van der Waals surface area contributed by atoms with Gasteiger partial charge in [0.1, 0.15) is 23.3 Å². The van der Waals surface area contributed by atoms with Crippen molar-refractivity contribution in [1.29, 1.82) is 0 Å². The second-order valence-electron chi connectivity index (χ2n) is 5.56. The Hall–Kier alpha value is -1.38. The van der Waals surface area contributed by atoms with Crippen LogP contribution < -0.4 is 9.64 Å². The van der Waals surface area contributed by atoms with Gasteiger partial charge in [-0.15, -0.1) is 0 Å². The van der Waals surface area contributed by atoms with Crippen molar-refractivity contribution in [3.8, 4) is 5.88 Å². The molecule has 0 amide bonds. The highest BCUT2D eigenvalue weighted by molar-refractivity contribution is 7.98. The monoisotopic (exact) mass is 356 g/mol. The number of pyridine rings is 1. The molecule has 1 N–H and O–H groups in total. The average molecular weight is 357 g/mol. The normalized spacial score (nSPS) is 23.4. The molecule has 1 saturated heterocycles. The Morgan fingerprint density at radius 1 is 1.39 bits per heavy atom. The Labute approximate surface area is 141 Å². The molecule has 2 atom stereocenters. The van der Waals surface area contributed by atoms with Gasteiger partial charge in [-0.3, -0.25) is 0 Å². The maximum Gasteiger partial charge on any atom is 0.228 e. The Bertz CT molecular complexity index is 793. The summed E-state index contributed by atoms with van der Waals surface area (Å²) in [6, 6.07) is -0.243. The van der Waals surface area contributed by atoms with E-state index in [0.717, 1.165) is 6.42 Å². The first-order valence-corrected chi connectivity index (χ1v) is 8.88. The van der Waals surface area contributed by atoms with Crippen LogP contribution in [0.1, 0.15) is 12.8 Å². The molecule has 23 heavy (non-hydrogen) atoms. The number of halogens is 2. The van der Waals surface area contributed by atoms with E-state index in [-0.39, 0.29) is 29.2 Å². The average Bonchev–Trinajstić information content (AvgIpc) is 2.71. The van der Waals surface area contributed by atoms with Crippen LogP contribution in [0.5, 0.6) is 5.88 Å². The van der Waals surface area contributed by atoms with Gasteiger partial charge >= 0.3 is 0 Å². The third-order valence-corrected chi connectivity index (χ3v) is 5.06. The molecule has 0 unspecified atom stereocenters. The van der Waals surface area contributed by atoms with Crippen molar-refractivity contribution in [2.24, 2.45) is 0 Å². The first-order valence-electron chi connectivity index (χ1n) is 7.28. The number of piperidine rings is 1. The van der Waals surface area contributed by atoms with Crippen LogP contribution >= 0.6 is 23.4 Å². The van der Waals surface area contributed by atoms with Crippen LogP contribution in [0.15, 0.2) is 5.16 Å². The second kappa shape index (κ2) is 5.61. The SMILES string of the molecule is CSc1nc2c3c(nc(Cl)c(F)c3n1)OC[C@@H]1[C@H](O)CCCN21. The smallest absolute Gasteiger partial charge is 0.228 e. The molecule has 2 aromatic heterocycles. The Kier molecular flexibility index (Phi) is 3.70. The maximum absolute atomic E-state index is 14.5. The highest BCUT2D eigenvalue weighted by Crippen LogP contribution is 2.40. The minimum atomic E-state index is -0.677. The Balaban J connectivity index is 2.03. The largest absolute Gasteiger partial charge is 0.475 e. The number of thioether (sulfide) groups is 1. The number of aromatic nitrogens is 3. The van der Waals surface area contributed by atoms with Gasteiger partial charge in [0.15, 0.2) is 16.1 Å². The highest BCUT2D eigenvalue weighted by Gasteiger charge is 2.37. The summed E-state index contributed by atoms with van der Waals surface area (Å²) in [6.45, 7) is 0.963. The van der Waals surface area contributed by atoms with Gasteiger partial charge in [0.2, 0.25) is 5.88 Å². The van der Waals surface area contributed by atoms with E-state index in [1.165, 1.54) is 11.8 Å². The summed E-state index contributed by atoms with van der Waals surface area (Å²) in [7, 11) is 0. The lowest BCUT2D eigenvalue weighted by Gasteiger charge is -2.38. The van der Waals surface area contributed by atoms with E-state index in [1.54, 1.807) is 0 Å². The first kappa shape index (κ1) is 15.2. The van der Waals surface area contributed by atoms with E-state index in [9.17, 15) is 9.50 Å². The molecule has 0 radical (unpaired) electrons. The van der Waals surface area contributed by atoms with E-state index in [2.05, 4.69) is 15.0 Å². The lowest BCUT2D eigenvalue weighted by Crippen LogP contribution is -2.51.